The molecule has 2 heterocycles. The third-order valence-corrected chi connectivity index (χ3v) is 3.10. The summed E-state index contributed by atoms with van der Waals surface area (Å²) in [5, 5.41) is 19.0. The van der Waals surface area contributed by atoms with Crippen LogP contribution in [0, 0.1) is 0 Å². The van der Waals surface area contributed by atoms with Gasteiger partial charge in [0.2, 0.25) is 0 Å². The zero-order chi connectivity index (χ0) is 13.4. The molecule has 0 unspecified atom stereocenters. The lowest BCUT2D eigenvalue weighted by Gasteiger charge is -2.07. The number of hydrogen-bond acceptors (Lipinski definition) is 4. The van der Waals surface area contributed by atoms with E-state index in [4.69, 9.17) is 0 Å². The van der Waals surface area contributed by atoms with Gasteiger partial charge in [0.1, 0.15) is 11.3 Å². The molecule has 3 rings (SSSR count). The van der Waals surface area contributed by atoms with Crippen molar-refractivity contribution < 1.29 is 10.2 Å². The van der Waals surface area contributed by atoms with Crippen LogP contribution >= 0.6 is 0 Å². The van der Waals surface area contributed by atoms with Gasteiger partial charge in [0.25, 0.3) is 0 Å². The lowest BCUT2D eigenvalue weighted by molar-refractivity contribution is 0.404. The maximum absolute atomic E-state index is 9.60. The predicted molar refractivity (Wildman–Crippen MR) is 72.0 cm³/mol. The van der Waals surface area contributed by atoms with Crippen LogP contribution in [0.2, 0.25) is 0 Å². The van der Waals surface area contributed by atoms with Gasteiger partial charge in [-0.3, -0.25) is 4.98 Å². The highest BCUT2D eigenvalue weighted by Crippen LogP contribution is 2.31. The Labute approximate surface area is 109 Å². The largest absolute Gasteiger partial charge is 0.504 e. The summed E-state index contributed by atoms with van der Waals surface area (Å²) < 4.78 is 2.04. The van der Waals surface area contributed by atoms with E-state index in [1.807, 2.05) is 17.6 Å². The van der Waals surface area contributed by atoms with Crippen molar-refractivity contribution in [2.45, 2.75) is 13.5 Å². The van der Waals surface area contributed by atoms with E-state index < -0.39 is 0 Å². The number of pyridine rings is 1. The van der Waals surface area contributed by atoms with Gasteiger partial charge in [0, 0.05) is 18.3 Å². The van der Waals surface area contributed by atoms with Crippen LogP contribution in [0.15, 0.2) is 36.7 Å². The van der Waals surface area contributed by atoms with E-state index in [1.54, 1.807) is 18.5 Å². The molecule has 0 aliphatic heterocycles. The van der Waals surface area contributed by atoms with Gasteiger partial charge in [0.15, 0.2) is 11.5 Å². The van der Waals surface area contributed by atoms with Crippen LogP contribution < -0.4 is 0 Å². The first-order valence-corrected chi connectivity index (χ1v) is 6.03. The van der Waals surface area contributed by atoms with E-state index in [0.29, 0.717) is 0 Å². The molecule has 2 N–H and O–H groups in total. The number of benzene rings is 1. The first-order valence-electron chi connectivity index (χ1n) is 6.03. The van der Waals surface area contributed by atoms with E-state index in [2.05, 4.69) is 9.97 Å². The van der Waals surface area contributed by atoms with E-state index in [-0.39, 0.29) is 11.5 Å². The molecule has 0 radical (unpaired) electrons. The first-order chi connectivity index (χ1) is 9.20. The van der Waals surface area contributed by atoms with Gasteiger partial charge in [-0.2, -0.15) is 0 Å². The Morgan fingerprint density at radius 3 is 2.74 bits per heavy atom. The fourth-order valence-electron chi connectivity index (χ4n) is 2.18. The smallest absolute Gasteiger partial charge is 0.158 e. The fourth-order valence-corrected chi connectivity index (χ4v) is 2.18. The van der Waals surface area contributed by atoms with Crippen LogP contribution in [0.1, 0.15) is 6.92 Å². The number of aromatic nitrogens is 3. The zero-order valence-corrected chi connectivity index (χ0v) is 10.4. The number of aromatic hydroxyl groups is 2. The molecule has 0 saturated carbocycles. The van der Waals surface area contributed by atoms with Crippen LogP contribution in [-0.4, -0.2) is 24.7 Å². The van der Waals surface area contributed by atoms with Gasteiger partial charge >= 0.3 is 0 Å². The minimum absolute atomic E-state index is 0.135. The molecular formula is C14H13N3O2. The monoisotopic (exact) mass is 255 g/mol. The fraction of sp³-hybridized carbons (Fsp3) is 0.143. The predicted octanol–water partition coefficient (Wildman–Crippen LogP) is 2.53. The molecule has 0 amide bonds. The molecule has 5 heteroatoms. The number of phenols is 2. The van der Waals surface area contributed by atoms with Crippen molar-refractivity contribution in [3.63, 3.8) is 0 Å². The average Bonchev–Trinajstić information content (AvgIpc) is 2.80. The van der Waals surface area contributed by atoms with Crippen molar-refractivity contribution >= 4 is 11.0 Å². The minimum Gasteiger partial charge on any atom is -0.504 e. The second-order valence-corrected chi connectivity index (χ2v) is 4.25. The second-order valence-electron chi connectivity index (χ2n) is 4.25. The SMILES string of the molecule is CCn1c(-c2ccc(O)c(O)c2)nc2cnccc21. The standard InChI is InChI=1S/C14H13N3O2/c1-2-17-11-5-6-15-8-10(11)16-14(17)9-3-4-12(18)13(19)7-9/h3-8,18-19H,2H2,1H3. The lowest BCUT2D eigenvalue weighted by atomic mass is 10.2. The molecule has 0 spiro atoms. The molecule has 96 valence electrons. The highest BCUT2D eigenvalue weighted by atomic mass is 16.3. The Morgan fingerprint density at radius 1 is 1.16 bits per heavy atom. The molecule has 3 aromatic rings. The third-order valence-electron chi connectivity index (χ3n) is 3.10. The van der Waals surface area contributed by atoms with Crippen molar-refractivity contribution in [1.82, 2.24) is 14.5 Å². The van der Waals surface area contributed by atoms with Crippen molar-refractivity contribution in [3.8, 4) is 22.9 Å². The van der Waals surface area contributed by atoms with Crippen LogP contribution in [0.4, 0.5) is 0 Å². The Kier molecular flexibility index (Phi) is 2.59. The summed E-state index contributed by atoms with van der Waals surface area (Å²) in [6, 6.07) is 6.61. The highest BCUT2D eigenvalue weighted by molar-refractivity contribution is 5.80. The molecule has 0 aliphatic rings. The molecule has 1 aromatic carbocycles. The average molecular weight is 255 g/mol. The van der Waals surface area contributed by atoms with Crippen LogP contribution in [0.3, 0.4) is 0 Å². The van der Waals surface area contributed by atoms with E-state index >= 15 is 0 Å². The minimum atomic E-state index is -0.148. The molecular weight excluding hydrogens is 242 g/mol. The van der Waals surface area contributed by atoms with Gasteiger partial charge in [-0.1, -0.05) is 0 Å². The number of nitrogens with zero attached hydrogens (tertiary/aromatic N) is 3. The maximum atomic E-state index is 9.60. The molecule has 0 saturated heterocycles. The summed E-state index contributed by atoms with van der Waals surface area (Å²) in [6.45, 7) is 2.79. The van der Waals surface area contributed by atoms with E-state index in [1.165, 1.54) is 12.1 Å². The molecule has 0 atom stereocenters. The van der Waals surface area contributed by atoms with E-state index in [9.17, 15) is 10.2 Å². The quantitative estimate of drug-likeness (QED) is 0.690. The molecule has 2 aromatic heterocycles. The summed E-state index contributed by atoms with van der Waals surface area (Å²) in [5.41, 5.74) is 2.57. The molecule has 0 aliphatic carbocycles. The van der Waals surface area contributed by atoms with Crippen LogP contribution in [0.5, 0.6) is 11.5 Å². The number of imidazole rings is 1. The van der Waals surface area contributed by atoms with Gasteiger partial charge < -0.3 is 14.8 Å². The Morgan fingerprint density at radius 2 is 2.00 bits per heavy atom. The lowest BCUT2D eigenvalue weighted by Crippen LogP contribution is -1.97. The maximum Gasteiger partial charge on any atom is 0.158 e. The van der Waals surface area contributed by atoms with Crippen molar-refractivity contribution in [2.24, 2.45) is 0 Å². The first kappa shape index (κ1) is 11.5. The second kappa shape index (κ2) is 4.28. The van der Waals surface area contributed by atoms with Gasteiger partial charge in [0.05, 0.1) is 11.7 Å². The van der Waals surface area contributed by atoms with Crippen LogP contribution in [0.25, 0.3) is 22.4 Å². The number of rotatable bonds is 2. The molecule has 0 bridgehead atoms. The summed E-state index contributed by atoms with van der Waals surface area (Å²) in [7, 11) is 0. The number of hydrogen-bond donors (Lipinski definition) is 2. The Hall–Kier alpha value is -2.56. The summed E-state index contributed by atoms with van der Waals surface area (Å²) >= 11 is 0. The van der Waals surface area contributed by atoms with Gasteiger partial charge in [-0.05, 0) is 31.2 Å². The van der Waals surface area contributed by atoms with Crippen molar-refractivity contribution in [2.75, 3.05) is 0 Å². The zero-order valence-electron chi connectivity index (χ0n) is 10.4. The molecule has 5 nitrogen and oxygen atoms in total. The van der Waals surface area contributed by atoms with E-state index in [0.717, 1.165) is 29.0 Å². The summed E-state index contributed by atoms with van der Waals surface area (Å²) in [6.07, 6.45) is 3.44. The summed E-state index contributed by atoms with van der Waals surface area (Å²) in [4.78, 5) is 8.59. The van der Waals surface area contributed by atoms with Gasteiger partial charge in [-0.15, -0.1) is 0 Å². The topological polar surface area (TPSA) is 71.2 Å². The summed E-state index contributed by atoms with van der Waals surface area (Å²) in [5.74, 6) is 0.468. The number of fused-ring (bicyclic) bond motifs is 1. The number of phenolic OH excluding ortho intramolecular Hbond substituents is 2. The Bertz CT molecular complexity index is 750. The highest BCUT2D eigenvalue weighted by Gasteiger charge is 2.12. The van der Waals surface area contributed by atoms with Crippen molar-refractivity contribution in [1.29, 1.82) is 0 Å². The molecule has 19 heavy (non-hydrogen) atoms. The Balaban J connectivity index is 2.26. The number of aryl methyl sites for hydroxylation is 1. The normalized spacial score (nSPS) is 11.0. The third kappa shape index (κ3) is 1.79. The van der Waals surface area contributed by atoms with Crippen molar-refractivity contribution in [3.05, 3.63) is 36.7 Å². The van der Waals surface area contributed by atoms with Gasteiger partial charge in [-0.25, -0.2) is 4.98 Å². The van der Waals surface area contributed by atoms with Crippen LogP contribution in [-0.2, 0) is 6.54 Å². The molecule has 0 fully saturated rings.